The van der Waals surface area contributed by atoms with Crippen LogP contribution in [0.15, 0.2) is 30.3 Å². The molecule has 1 aromatic heterocycles. The molecule has 0 bridgehead atoms. The minimum atomic E-state index is -3.86. The van der Waals surface area contributed by atoms with Crippen LogP contribution in [0.2, 0.25) is 0 Å². The minimum absolute atomic E-state index is 0.0910. The first-order valence-electron chi connectivity index (χ1n) is 6.94. The fourth-order valence-corrected chi connectivity index (χ4v) is 2.65. The summed E-state index contributed by atoms with van der Waals surface area (Å²) in [7, 11) is -3.86. The summed E-state index contributed by atoms with van der Waals surface area (Å²) in [5.41, 5.74) is 2.52. The molecule has 124 valence electrons. The molecule has 1 aromatic carbocycles. The highest BCUT2D eigenvalue weighted by Gasteiger charge is 2.17. The quantitative estimate of drug-likeness (QED) is 0.740. The molecule has 2 aromatic rings. The summed E-state index contributed by atoms with van der Waals surface area (Å²) in [4.78, 5) is 11.2. The number of anilines is 1. The SMILES string of the molecule is CCOC(=O)NS(=O)(=O)CNc1n[nH]c(-c2ccccc2)c1C. The summed E-state index contributed by atoms with van der Waals surface area (Å²) in [6.45, 7) is 3.50. The molecule has 0 aliphatic carbocycles. The van der Waals surface area contributed by atoms with Gasteiger partial charge in [-0.05, 0) is 19.4 Å². The van der Waals surface area contributed by atoms with Gasteiger partial charge < -0.3 is 10.1 Å². The summed E-state index contributed by atoms with van der Waals surface area (Å²) in [6, 6.07) is 9.54. The molecule has 0 saturated carbocycles. The average molecular weight is 338 g/mol. The van der Waals surface area contributed by atoms with Crippen molar-refractivity contribution in [1.29, 1.82) is 0 Å². The Balaban J connectivity index is 2.05. The van der Waals surface area contributed by atoms with Gasteiger partial charge in [-0.2, -0.15) is 5.10 Å². The topological polar surface area (TPSA) is 113 Å². The number of hydrogen-bond donors (Lipinski definition) is 3. The third kappa shape index (κ3) is 4.46. The first-order chi connectivity index (χ1) is 10.9. The number of nitrogens with one attached hydrogen (secondary N) is 3. The van der Waals surface area contributed by atoms with Crippen LogP contribution >= 0.6 is 0 Å². The number of aromatic amines is 1. The van der Waals surface area contributed by atoms with Gasteiger partial charge in [0.1, 0.15) is 5.88 Å². The summed E-state index contributed by atoms with van der Waals surface area (Å²) in [5.74, 6) is -0.0933. The lowest BCUT2D eigenvalue weighted by Crippen LogP contribution is -2.35. The van der Waals surface area contributed by atoms with Gasteiger partial charge in [0.05, 0.1) is 12.3 Å². The average Bonchev–Trinajstić information content (AvgIpc) is 2.87. The minimum Gasteiger partial charge on any atom is -0.449 e. The Hall–Kier alpha value is -2.55. The molecule has 0 saturated heterocycles. The maximum absolute atomic E-state index is 11.8. The van der Waals surface area contributed by atoms with Crippen molar-refractivity contribution in [2.75, 3.05) is 17.8 Å². The number of hydrogen-bond acceptors (Lipinski definition) is 6. The number of H-pyrrole nitrogens is 1. The summed E-state index contributed by atoms with van der Waals surface area (Å²) < 4.78 is 29.9. The number of benzene rings is 1. The van der Waals surface area contributed by atoms with Gasteiger partial charge >= 0.3 is 6.09 Å². The fourth-order valence-electron chi connectivity index (χ4n) is 1.94. The number of sulfonamides is 1. The second-order valence-electron chi connectivity index (χ2n) is 4.70. The first-order valence-corrected chi connectivity index (χ1v) is 8.59. The number of carbonyl (C=O) groups is 1. The second-order valence-corrected chi connectivity index (χ2v) is 6.42. The zero-order valence-corrected chi connectivity index (χ0v) is 13.6. The van der Waals surface area contributed by atoms with Crippen LogP contribution in [0.4, 0.5) is 10.6 Å². The van der Waals surface area contributed by atoms with E-state index in [4.69, 9.17) is 0 Å². The highest BCUT2D eigenvalue weighted by Crippen LogP contribution is 2.25. The molecule has 3 N–H and O–H groups in total. The van der Waals surface area contributed by atoms with Gasteiger partial charge in [-0.15, -0.1) is 0 Å². The Morgan fingerprint density at radius 2 is 2.00 bits per heavy atom. The van der Waals surface area contributed by atoms with E-state index >= 15 is 0 Å². The Morgan fingerprint density at radius 1 is 1.30 bits per heavy atom. The molecule has 0 aliphatic heterocycles. The fraction of sp³-hybridized carbons (Fsp3) is 0.286. The van der Waals surface area contributed by atoms with E-state index in [1.54, 1.807) is 11.6 Å². The van der Waals surface area contributed by atoms with Crippen molar-refractivity contribution in [1.82, 2.24) is 14.9 Å². The van der Waals surface area contributed by atoms with Crippen LogP contribution in [0.25, 0.3) is 11.3 Å². The molecule has 0 aliphatic rings. The number of amides is 1. The van der Waals surface area contributed by atoms with Gasteiger partial charge in [0, 0.05) is 5.56 Å². The second kappa shape index (κ2) is 7.14. The van der Waals surface area contributed by atoms with Crippen LogP contribution in [0.5, 0.6) is 0 Å². The molecule has 1 heterocycles. The smallest absolute Gasteiger partial charge is 0.420 e. The maximum atomic E-state index is 11.8. The molecule has 0 fully saturated rings. The lowest BCUT2D eigenvalue weighted by Gasteiger charge is -2.08. The third-order valence-electron chi connectivity index (χ3n) is 3.02. The van der Waals surface area contributed by atoms with Crippen LogP contribution in [0, 0.1) is 6.92 Å². The van der Waals surface area contributed by atoms with E-state index in [0.29, 0.717) is 5.82 Å². The molecular formula is C14H18N4O4S. The van der Waals surface area contributed by atoms with Crippen molar-refractivity contribution < 1.29 is 17.9 Å². The molecular weight excluding hydrogens is 320 g/mol. The van der Waals surface area contributed by atoms with E-state index in [2.05, 4.69) is 20.3 Å². The number of nitrogens with zero attached hydrogens (tertiary/aromatic N) is 1. The zero-order chi connectivity index (χ0) is 16.9. The summed E-state index contributed by atoms with van der Waals surface area (Å²) in [5, 5.41) is 9.62. The molecule has 0 atom stereocenters. The van der Waals surface area contributed by atoms with E-state index in [-0.39, 0.29) is 6.61 Å². The Labute approximate surface area is 134 Å². The molecule has 8 nitrogen and oxygen atoms in total. The lowest BCUT2D eigenvalue weighted by atomic mass is 10.1. The zero-order valence-electron chi connectivity index (χ0n) is 12.8. The molecule has 0 radical (unpaired) electrons. The number of carbonyl (C=O) groups excluding carboxylic acids is 1. The van der Waals surface area contributed by atoms with Gasteiger partial charge in [-0.1, -0.05) is 30.3 Å². The van der Waals surface area contributed by atoms with Gasteiger partial charge in [0.25, 0.3) is 10.0 Å². The van der Waals surface area contributed by atoms with Gasteiger partial charge in [-0.25, -0.2) is 17.9 Å². The molecule has 2 rings (SSSR count). The van der Waals surface area contributed by atoms with Crippen LogP contribution in [0.1, 0.15) is 12.5 Å². The maximum Gasteiger partial charge on any atom is 0.420 e. The van der Waals surface area contributed by atoms with Crippen molar-refractivity contribution in [3.63, 3.8) is 0 Å². The van der Waals surface area contributed by atoms with Gasteiger partial charge in [0.15, 0.2) is 5.82 Å². The third-order valence-corrected chi connectivity index (χ3v) is 4.02. The van der Waals surface area contributed by atoms with Gasteiger partial charge in [-0.3, -0.25) is 5.10 Å². The summed E-state index contributed by atoms with van der Waals surface area (Å²) in [6.07, 6.45) is -1.00. The van der Waals surface area contributed by atoms with E-state index in [0.717, 1.165) is 16.8 Å². The molecule has 0 unspecified atom stereocenters. The van der Waals surface area contributed by atoms with E-state index in [9.17, 15) is 13.2 Å². The van der Waals surface area contributed by atoms with Crippen LogP contribution in [0.3, 0.4) is 0 Å². The largest absolute Gasteiger partial charge is 0.449 e. The monoisotopic (exact) mass is 338 g/mol. The molecule has 9 heteroatoms. The number of ether oxygens (including phenoxy) is 1. The predicted molar refractivity (Wildman–Crippen MR) is 86.3 cm³/mol. The Morgan fingerprint density at radius 3 is 2.65 bits per heavy atom. The van der Waals surface area contributed by atoms with Gasteiger partial charge in [0.2, 0.25) is 0 Å². The number of aromatic nitrogens is 2. The van der Waals surface area contributed by atoms with Crippen LogP contribution < -0.4 is 10.0 Å². The summed E-state index contributed by atoms with van der Waals surface area (Å²) >= 11 is 0. The molecule has 1 amide bonds. The Bertz CT molecular complexity index is 771. The van der Waals surface area contributed by atoms with Crippen molar-refractivity contribution in [2.24, 2.45) is 0 Å². The first kappa shape index (κ1) is 16.8. The van der Waals surface area contributed by atoms with E-state index in [1.807, 2.05) is 37.3 Å². The standard InChI is InChI=1S/C14H18N4O4S/c1-3-22-14(19)18-23(20,21)9-15-13-10(2)12(16-17-13)11-7-5-4-6-8-11/h4-8H,3,9H2,1-2H3,(H,18,19)(H2,15,16,17). The van der Waals surface area contributed by atoms with Crippen molar-refractivity contribution in [3.8, 4) is 11.3 Å². The lowest BCUT2D eigenvalue weighted by molar-refractivity contribution is 0.158. The van der Waals surface area contributed by atoms with Crippen molar-refractivity contribution in [2.45, 2.75) is 13.8 Å². The predicted octanol–water partition coefficient (Wildman–Crippen LogP) is 1.83. The van der Waals surface area contributed by atoms with Crippen LogP contribution in [-0.2, 0) is 14.8 Å². The van der Waals surface area contributed by atoms with Crippen LogP contribution in [-0.4, -0.2) is 37.2 Å². The van der Waals surface area contributed by atoms with Crippen molar-refractivity contribution >= 4 is 21.9 Å². The Kier molecular flexibility index (Phi) is 5.22. The number of rotatable bonds is 6. The highest BCUT2D eigenvalue weighted by atomic mass is 32.2. The molecule has 0 spiro atoms. The van der Waals surface area contributed by atoms with E-state index in [1.165, 1.54) is 0 Å². The normalized spacial score (nSPS) is 11.0. The highest BCUT2D eigenvalue weighted by molar-refractivity contribution is 7.90. The van der Waals surface area contributed by atoms with E-state index < -0.39 is 22.0 Å². The van der Waals surface area contributed by atoms with Crippen molar-refractivity contribution in [3.05, 3.63) is 35.9 Å². The molecule has 23 heavy (non-hydrogen) atoms.